The molecular weight excluding hydrogens is 925 g/mol. The van der Waals surface area contributed by atoms with Gasteiger partial charge in [-0.3, -0.25) is 14.4 Å². The highest BCUT2D eigenvalue weighted by Gasteiger charge is 2.19. The van der Waals surface area contributed by atoms with Gasteiger partial charge < -0.3 is 14.2 Å². The normalized spacial score (nSPS) is 12.2. The maximum atomic E-state index is 12.9. The number of rotatable bonds is 62. The summed E-state index contributed by atoms with van der Waals surface area (Å²) in [6, 6.07) is 0. The fraction of sp³-hybridized carbons (Fsp3) is 0.870. The molecule has 0 saturated heterocycles. The molecule has 0 rings (SSSR count). The van der Waals surface area contributed by atoms with Crippen LogP contribution in [0.25, 0.3) is 0 Å². The summed E-state index contributed by atoms with van der Waals surface area (Å²) in [7, 11) is 0. The van der Waals surface area contributed by atoms with Crippen molar-refractivity contribution in [1.29, 1.82) is 0 Å². The smallest absolute Gasteiger partial charge is 0.306 e. The molecule has 0 bridgehead atoms. The summed E-state index contributed by atoms with van der Waals surface area (Å²) in [6.07, 6.45) is 79.0. The minimum absolute atomic E-state index is 0.0742. The van der Waals surface area contributed by atoms with Crippen LogP contribution < -0.4 is 0 Å². The Labute approximate surface area is 467 Å². The average Bonchev–Trinajstić information content (AvgIpc) is 3.41. The van der Waals surface area contributed by atoms with E-state index in [2.05, 4.69) is 57.2 Å². The zero-order valence-corrected chi connectivity index (χ0v) is 50.6. The summed E-state index contributed by atoms with van der Waals surface area (Å²) in [5.41, 5.74) is 0. The maximum absolute atomic E-state index is 12.9. The van der Waals surface area contributed by atoms with Crippen LogP contribution in [0.2, 0.25) is 0 Å². The second kappa shape index (κ2) is 64.2. The first kappa shape index (κ1) is 72.6. The molecule has 1 unspecified atom stereocenters. The van der Waals surface area contributed by atoms with Crippen molar-refractivity contribution in [3.05, 3.63) is 36.5 Å². The minimum Gasteiger partial charge on any atom is -0.462 e. The van der Waals surface area contributed by atoms with Crippen molar-refractivity contribution < 1.29 is 28.6 Å². The van der Waals surface area contributed by atoms with E-state index in [9.17, 15) is 14.4 Å². The van der Waals surface area contributed by atoms with Crippen LogP contribution in [0.15, 0.2) is 36.5 Å². The Bertz CT molecular complexity index is 1250. The Balaban J connectivity index is 4.08. The molecule has 0 N–H and O–H groups in total. The molecule has 0 aromatic carbocycles. The molecule has 0 saturated carbocycles. The van der Waals surface area contributed by atoms with Gasteiger partial charge in [0.25, 0.3) is 0 Å². The fourth-order valence-electron chi connectivity index (χ4n) is 10.0. The van der Waals surface area contributed by atoms with Gasteiger partial charge in [-0.2, -0.15) is 0 Å². The zero-order chi connectivity index (χ0) is 54.3. The fourth-order valence-corrected chi connectivity index (χ4v) is 10.0. The van der Waals surface area contributed by atoms with Crippen LogP contribution >= 0.6 is 0 Å². The highest BCUT2D eigenvalue weighted by molar-refractivity contribution is 5.71. The number of hydrogen-bond acceptors (Lipinski definition) is 6. The van der Waals surface area contributed by atoms with E-state index in [4.69, 9.17) is 14.2 Å². The van der Waals surface area contributed by atoms with Crippen LogP contribution in [0.1, 0.15) is 367 Å². The molecule has 6 nitrogen and oxygen atoms in total. The van der Waals surface area contributed by atoms with Crippen molar-refractivity contribution in [2.45, 2.75) is 374 Å². The van der Waals surface area contributed by atoms with Crippen LogP contribution in [-0.2, 0) is 28.6 Å². The molecule has 1 atom stereocenters. The summed E-state index contributed by atoms with van der Waals surface area (Å²) in [5.74, 6) is -0.872. The van der Waals surface area contributed by atoms with Crippen LogP contribution in [0.5, 0.6) is 0 Å². The Morgan fingerprint density at radius 3 is 0.707 bits per heavy atom. The van der Waals surface area contributed by atoms with Gasteiger partial charge >= 0.3 is 17.9 Å². The standard InChI is InChI=1S/C69H128O6/c1-4-7-10-13-16-19-22-24-26-27-28-29-30-31-32-33-34-35-36-37-38-39-40-41-43-44-47-50-53-56-59-62-68(71)74-65-66(64-73-67(70)61-58-55-52-49-46-21-18-15-12-9-6-3)75-69(72)63-60-57-54-51-48-45-42-25-23-20-17-14-11-8-5-2/h15,18,25,27-28,42,66H,4-14,16-17,19-24,26,29-41,43-65H2,1-3H3/b18-15-,28-27-,42-25-. The summed E-state index contributed by atoms with van der Waals surface area (Å²) < 4.78 is 16.9. The van der Waals surface area contributed by atoms with Crippen molar-refractivity contribution in [3.63, 3.8) is 0 Å². The van der Waals surface area contributed by atoms with Gasteiger partial charge in [-0.05, 0) is 89.9 Å². The molecule has 0 aromatic rings. The van der Waals surface area contributed by atoms with Crippen LogP contribution in [0.4, 0.5) is 0 Å². The molecule has 6 heteroatoms. The van der Waals surface area contributed by atoms with E-state index < -0.39 is 6.10 Å². The first-order valence-electron chi connectivity index (χ1n) is 33.5. The molecular formula is C69H128O6. The highest BCUT2D eigenvalue weighted by Crippen LogP contribution is 2.18. The molecule has 0 amide bonds. The van der Waals surface area contributed by atoms with Gasteiger partial charge in [0.05, 0.1) is 0 Å². The quantitative estimate of drug-likeness (QED) is 0.0261. The van der Waals surface area contributed by atoms with Crippen molar-refractivity contribution in [2.75, 3.05) is 13.2 Å². The van der Waals surface area contributed by atoms with E-state index in [1.54, 1.807) is 0 Å². The van der Waals surface area contributed by atoms with Gasteiger partial charge in [0, 0.05) is 19.3 Å². The summed E-state index contributed by atoms with van der Waals surface area (Å²) in [6.45, 7) is 6.63. The largest absolute Gasteiger partial charge is 0.462 e. The molecule has 0 radical (unpaired) electrons. The Morgan fingerprint density at radius 2 is 0.453 bits per heavy atom. The topological polar surface area (TPSA) is 78.9 Å². The number of hydrogen-bond donors (Lipinski definition) is 0. The Hall–Kier alpha value is -2.37. The number of allylic oxidation sites excluding steroid dienone is 6. The minimum atomic E-state index is -0.777. The van der Waals surface area contributed by atoms with Crippen LogP contribution in [-0.4, -0.2) is 37.2 Å². The van der Waals surface area contributed by atoms with Crippen LogP contribution in [0.3, 0.4) is 0 Å². The summed E-state index contributed by atoms with van der Waals surface area (Å²) in [5, 5.41) is 0. The third kappa shape index (κ3) is 62.4. The van der Waals surface area contributed by atoms with E-state index in [0.717, 1.165) is 70.6 Å². The Morgan fingerprint density at radius 1 is 0.253 bits per heavy atom. The number of unbranched alkanes of at least 4 members (excludes halogenated alkanes) is 45. The molecule has 0 aliphatic heterocycles. The number of carbonyl (C=O) groups excluding carboxylic acids is 3. The first-order valence-corrected chi connectivity index (χ1v) is 33.5. The second-order valence-corrected chi connectivity index (χ2v) is 22.7. The van der Waals surface area contributed by atoms with Gasteiger partial charge in [-0.25, -0.2) is 0 Å². The van der Waals surface area contributed by atoms with Gasteiger partial charge in [0.1, 0.15) is 13.2 Å². The molecule has 0 heterocycles. The summed E-state index contributed by atoms with van der Waals surface area (Å²) in [4.78, 5) is 38.2. The van der Waals surface area contributed by atoms with Crippen molar-refractivity contribution in [1.82, 2.24) is 0 Å². The summed E-state index contributed by atoms with van der Waals surface area (Å²) >= 11 is 0. The lowest BCUT2D eigenvalue weighted by Crippen LogP contribution is -2.30. The van der Waals surface area contributed by atoms with Crippen molar-refractivity contribution in [2.24, 2.45) is 0 Å². The average molecular weight is 1050 g/mol. The predicted octanol–water partition coefficient (Wildman–Crippen LogP) is 22.8. The second-order valence-electron chi connectivity index (χ2n) is 22.7. The van der Waals surface area contributed by atoms with Gasteiger partial charge in [0.2, 0.25) is 0 Å². The molecule has 440 valence electrons. The molecule has 0 spiro atoms. The lowest BCUT2D eigenvalue weighted by molar-refractivity contribution is -0.167. The van der Waals surface area contributed by atoms with Crippen molar-refractivity contribution in [3.8, 4) is 0 Å². The molecule has 0 aliphatic rings. The lowest BCUT2D eigenvalue weighted by atomic mass is 10.0. The van der Waals surface area contributed by atoms with E-state index >= 15 is 0 Å². The highest BCUT2D eigenvalue weighted by atomic mass is 16.6. The zero-order valence-electron chi connectivity index (χ0n) is 50.6. The molecule has 0 fully saturated rings. The van der Waals surface area contributed by atoms with E-state index in [-0.39, 0.29) is 31.1 Å². The van der Waals surface area contributed by atoms with Gasteiger partial charge in [-0.1, -0.05) is 295 Å². The Kier molecular flexibility index (Phi) is 62.1. The molecule has 0 aromatic heterocycles. The number of esters is 3. The molecule has 0 aliphatic carbocycles. The van der Waals surface area contributed by atoms with Crippen LogP contribution in [0, 0.1) is 0 Å². The number of ether oxygens (including phenoxy) is 3. The number of carbonyl (C=O) groups is 3. The first-order chi connectivity index (χ1) is 37.0. The van der Waals surface area contributed by atoms with Crippen molar-refractivity contribution >= 4 is 17.9 Å². The van der Waals surface area contributed by atoms with Gasteiger partial charge in [-0.15, -0.1) is 0 Å². The van der Waals surface area contributed by atoms with E-state index in [1.165, 1.54) is 257 Å². The monoisotopic (exact) mass is 1050 g/mol. The van der Waals surface area contributed by atoms with Gasteiger partial charge in [0.15, 0.2) is 6.10 Å². The van der Waals surface area contributed by atoms with E-state index in [1.807, 2.05) is 0 Å². The third-order valence-corrected chi connectivity index (χ3v) is 15.1. The maximum Gasteiger partial charge on any atom is 0.306 e. The molecule has 75 heavy (non-hydrogen) atoms. The van der Waals surface area contributed by atoms with E-state index in [0.29, 0.717) is 19.3 Å². The lowest BCUT2D eigenvalue weighted by Gasteiger charge is -2.18. The third-order valence-electron chi connectivity index (χ3n) is 15.1. The predicted molar refractivity (Wildman–Crippen MR) is 326 cm³/mol. The SMILES string of the molecule is CCCC/C=C\CCCCCCCC(=O)OCC(COC(=O)CCCCCCCCCCCCCCCCCCCCC/C=C\CCCCCCCCCC)OC(=O)CCCCCCC/C=C\CCCCCCCC.